The van der Waals surface area contributed by atoms with Gasteiger partial charge in [-0.3, -0.25) is 10.1 Å². The molecule has 3 aromatic rings. The fourth-order valence-corrected chi connectivity index (χ4v) is 4.81. The summed E-state index contributed by atoms with van der Waals surface area (Å²) in [7, 11) is 3.03. The Balaban J connectivity index is 1.76. The fourth-order valence-electron chi connectivity index (χ4n) is 4.81. The maximum atomic E-state index is 11.7. The lowest BCUT2D eigenvalue weighted by atomic mass is 10.0. The smallest absolute Gasteiger partial charge is 0.333 e. The van der Waals surface area contributed by atoms with E-state index in [-0.39, 0.29) is 12.3 Å². The number of methoxy groups -OCH3 is 2. The number of nitro benzene ring substituents is 1. The Hall–Kier alpha value is -5.13. The van der Waals surface area contributed by atoms with Gasteiger partial charge in [0.1, 0.15) is 29.5 Å². The summed E-state index contributed by atoms with van der Waals surface area (Å²) < 4.78 is 16.3. The number of hydrogen-bond donors (Lipinski definition) is 1. The molecule has 0 fully saturated rings. The van der Waals surface area contributed by atoms with Crippen LogP contribution in [0, 0.1) is 10.1 Å². The highest BCUT2D eigenvalue weighted by Crippen LogP contribution is 2.41. The number of unbranched alkanes of at least 4 members (excludes halogenated alkanes) is 7. The van der Waals surface area contributed by atoms with Crippen LogP contribution in [-0.2, 0) is 16.0 Å². The van der Waals surface area contributed by atoms with E-state index in [9.17, 15) is 14.9 Å². The number of aryl methyl sites for hydroxylation is 1. The third-order valence-corrected chi connectivity index (χ3v) is 7.47. The SMILES string of the molecule is C=C(C)C(=O)OCCNc1ccc(N=Nc2cc(OC)c(N=Nc3ccc([N+](=O)[O-])cc3)cc2OC)cc1CCCCCCCCCC. The molecule has 0 bridgehead atoms. The van der Waals surface area contributed by atoms with E-state index in [1.807, 2.05) is 18.2 Å². The van der Waals surface area contributed by atoms with Crippen LogP contribution in [0.1, 0.15) is 70.8 Å². The van der Waals surface area contributed by atoms with E-state index in [0.717, 1.165) is 30.5 Å². The third kappa shape index (κ3) is 12.2. The number of nitro groups is 1. The number of non-ortho nitro benzene ring substituents is 1. The minimum Gasteiger partial charge on any atom is -0.494 e. The molecule has 0 saturated heterocycles. The van der Waals surface area contributed by atoms with Crippen molar-refractivity contribution >= 4 is 40.1 Å². The highest BCUT2D eigenvalue weighted by atomic mass is 16.6. The minimum atomic E-state index is -0.474. The molecule has 0 saturated carbocycles. The zero-order chi connectivity index (χ0) is 34.7. The molecule has 0 aliphatic rings. The predicted molar refractivity (Wildman–Crippen MR) is 188 cm³/mol. The number of hydrogen-bond acceptors (Lipinski definition) is 11. The summed E-state index contributed by atoms with van der Waals surface area (Å²) in [6.07, 6.45) is 10.7. The number of nitrogens with zero attached hydrogens (tertiary/aromatic N) is 5. The van der Waals surface area contributed by atoms with Gasteiger partial charge in [0, 0.05) is 42.1 Å². The van der Waals surface area contributed by atoms with Crippen LogP contribution >= 0.6 is 0 Å². The van der Waals surface area contributed by atoms with Crippen molar-refractivity contribution in [2.24, 2.45) is 20.5 Å². The van der Waals surface area contributed by atoms with Gasteiger partial charge in [-0.25, -0.2) is 4.79 Å². The summed E-state index contributed by atoms with van der Waals surface area (Å²) in [5, 5.41) is 31.7. The Morgan fingerprint density at radius 2 is 1.38 bits per heavy atom. The normalized spacial score (nSPS) is 11.2. The van der Waals surface area contributed by atoms with Crippen molar-refractivity contribution in [2.45, 2.75) is 71.6 Å². The van der Waals surface area contributed by atoms with E-state index in [2.05, 4.69) is 39.3 Å². The maximum Gasteiger partial charge on any atom is 0.333 e. The third-order valence-electron chi connectivity index (χ3n) is 7.47. The van der Waals surface area contributed by atoms with Crippen LogP contribution in [-0.4, -0.2) is 38.3 Å². The van der Waals surface area contributed by atoms with Gasteiger partial charge in [-0.2, -0.15) is 10.2 Å². The standard InChI is InChI=1S/C36H46N6O6/c1-6-7-8-9-10-11-12-13-14-27-23-29(17-20-31(27)37-21-22-48-36(43)26(2)3)39-41-33-25-34(46-4)32(24-35(33)47-5)40-38-28-15-18-30(19-16-28)42(44)45/h15-20,23-25,37H,2,6-14,21-22H2,1,3-5H3. The molecular formula is C36H46N6O6. The Labute approximate surface area is 282 Å². The van der Waals surface area contributed by atoms with Crippen LogP contribution in [0.5, 0.6) is 11.5 Å². The van der Waals surface area contributed by atoms with Crippen LogP contribution < -0.4 is 14.8 Å². The molecule has 3 aromatic carbocycles. The number of esters is 1. The molecule has 1 N–H and O–H groups in total. The van der Waals surface area contributed by atoms with Gasteiger partial charge in [-0.1, -0.05) is 58.4 Å². The number of ether oxygens (including phenoxy) is 3. The minimum absolute atomic E-state index is 0.0317. The molecule has 0 unspecified atom stereocenters. The van der Waals surface area contributed by atoms with E-state index in [4.69, 9.17) is 14.2 Å². The molecule has 0 spiro atoms. The van der Waals surface area contributed by atoms with Crippen molar-refractivity contribution in [3.63, 3.8) is 0 Å². The Morgan fingerprint density at radius 1 is 0.812 bits per heavy atom. The molecular weight excluding hydrogens is 612 g/mol. The number of benzene rings is 3. The number of nitrogens with one attached hydrogen (secondary N) is 1. The zero-order valence-electron chi connectivity index (χ0n) is 28.4. The van der Waals surface area contributed by atoms with Gasteiger partial charge in [-0.15, -0.1) is 10.2 Å². The van der Waals surface area contributed by atoms with Gasteiger partial charge in [-0.05, 0) is 55.7 Å². The maximum absolute atomic E-state index is 11.7. The molecule has 0 amide bonds. The zero-order valence-corrected chi connectivity index (χ0v) is 28.4. The lowest BCUT2D eigenvalue weighted by Gasteiger charge is -2.13. The van der Waals surface area contributed by atoms with Gasteiger partial charge < -0.3 is 19.5 Å². The molecule has 48 heavy (non-hydrogen) atoms. The monoisotopic (exact) mass is 658 g/mol. The Kier molecular flexibility index (Phi) is 15.7. The Bertz CT molecular complexity index is 1570. The van der Waals surface area contributed by atoms with Crippen molar-refractivity contribution in [2.75, 3.05) is 32.7 Å². The first-order valence-corrected chi connectivity index (χ1v) is 16.3. The van der Waals surface area contributed by atoms with E-state index < -0.39 is 10.9 Å². The molecule has 0 aromatic heterocycles. The molecule has 256 valence electrons. The molecule has 0 radical (unpaired) electrons. The largest absolute Gasteiger partial charge is 0.494 e. The second kappa shape index (κ2) is 20.2. The molecule has 0 atom stereocenters. The van der Waals surface area contributed by atoms with Gasteiger partial charge in [0.05, 0.1) is 30.5 Å². The first-order chi connectivity index (χ1) is 23.2. The summed E-state index contributed by atoms with van der Waals surface area (Å²) in [6, 6.07) is 14.9. The lowest BCUT2D eigenvalue weighted by Crippen LogP contribution is -2.14. The van der Waals surface area contributed by atoms with Crippen LogP contribution in [0.25, 0.3) is 0 Å². The van der Waals surface area contributed by atoms with Crippen LogP contribution in [0.2, 0.25) is 0 Å². The van der Waals surface area contributed by atoms with E-state index in [0.29, 0.717) is 46.4 Å². The van der Waals surface area contributed by atoms with Gasteiger partial charge >= 0.3 is 5.97 Å². The second-order valence-electron chi connectivity index (χ2n) is 11.3. The highest BCUT2D eigenvalue weighted by molar-refractivity contribution is 5.86. The fraction of sp³-hybridized carbons (Fsp3) is 0.417. The van der Waals surface area contributed by atoms with E-state index >= 15 is 0 Å². The van der Waals surface area contributed by atoms with Crippen LogP contribution in [0.3, 0.4) is 0 Å². The van der Waals surface area contributed by atoms with E-state index in [1.54, 1.807) is 19.1 Å². The number of rotatable bonds is 21. The summed E-state index contributed by atoms with van der Waals surface area (Å²) in [5.74, 6) is 0.413. The first-order valence-electron chi connectivity index (χ1n) is 16.3. The number of carbonyl (C=O) groups excluding carboxylic acids is 1. The van der Waals surface area contributed by atoms with E-state index in [1.165, 1.54) is 77.0 Å². The molecule has 3 rings (SSSR count). The first kappa shape index (κ1) is 37.3. The lowest BCUT2D eigenvalue weighted by molar-refractivity contribution is -0.384. The van der Waals surface area contributed by atoms with Gasteiger partial charge in [0.2, 0.25) is 0 Å². The van der Waals surface area contributed by atoms with Gasteiger partial charge in [0.25, 0.3) is 5.69 Å². The van der Waals surface area contributed by atoms with Crippen LogP contribution in [0.4, 0.5) is 34.1 Å². The molecule has 12 nitrogen and oxygen atoms in total. The highest BCUT2D eigenvalue weighted by Gasteiger charge is 2.13. The van der Waals surface area contributed by atoms with Crippen molar-refractivity contribution in [3.05, 3.63) is 82.4 Å². The molecule has 0 heterocycles. The summed E-state index contributed by atoms with van der Waals surface area (Å²) >= 11 is 0. The van der Waals surface area contributed by atoms with Gasteiger partial charge in [0.15, 0.2) is 0 Å². The summed E-state index contributed by atoms with van der Waals surface area (Å²) in [5.41, 5.74) is 4.36. The quantitative estimate of drug-likeness (QED) is 0.0299. The van der Waals surface area contributed by atoms with Crippen molar-refractivity contribution < 1.29 is 23.9 Å². The number of azo groups is 2. The van der Waals surface area contributed by atoms with Crippen molar-refractivity contribution in [1.29, 1.82) is 0 Å². The van der Waals surface area contributed by atoms with Crippen molar-refractivity contribution in [3.8, 4) is 11.5 Å². The predicted octanol–water partition coefficient (Wildman–Crippen LogP) is 10.7. The second-order valence-corrected chi connectivity index (χ2v) is 11.3. The number of anilines is 1. The number of carbonyl (C=O) groups is 1. The van der Waals surface area contributed by atoms with Crippen LogP contribution in [0.15, 0.2) is 87.2 Å². The topological polar surface area (TPSA) is 149 Å². The summed E-state index contributed by atoms with van der Waals surface area (Å²) in [6.45, 7) is 8.18. The Morgan fingerprint density at radius 3 is 1.94 bits per heavy atom. The molecule has 0 aliphatic heterocycles. The average Bonchev–Trinajstić information content (AvgIpc) is 3.09. The molecule has 0 aliphatic carbocycles. The summed E-state index contributed by atoms with van der Waals surface area (Å²) in [4.78, 5) is 22.2. The average molecular weight is 659 g/mol. The molecule has 12 heteroatoms. The van der Waals surface area contributed by atoms with Crippen molar-refractivity contribution in [1.82, 2.24) is 0 Å².